The lowest BCUT2D eigenvalue weighted by atomic mass is 9.81. The molecule has 32 heavy (non-hydrogen) atoms. The van der Waals surface area contributed by atoms with Crippen LogP contribution in [-0.4, -0.2) is 24.5 Å². The second kappa shape index (κ2) is 8.19. The van der Waals surface area contributed by atoms with E-state index in [2.05, 4.69) is 38.3 Å². The Morgan fingerprint density at radius 1 is 0.969 bits per heavy atom. The molecule has 0 spiro atoms. The molecule has 0 bridgehead atoms. The number of carbonyl (C=O) groups excluding carboxylic acids is 2. The number of nitrogens with one attached hydrogen (secondary N) is 2. The lowest BCUT2D eigenvalue weighted by Gasteiger charge is -2.42. The second-order valence-electron chi connectivity index (χ2n) is 9.31. The van der Waals surface area contributed by atoms with Crippen LogP contribution in [0.25, 0.3) is 11.1 Å². The minimum absolute atomic E-state index is 0.186. The van der Waals surface area contributed by atoms with Gasteiger partial charge < -0.3 is 15.4 Å². The maximum absolute atomic E-state index is 13.1. The summed E-state index contributed by atoms with van der Waals surface area (Å²) in [6.45, 7) is 8.42. The van der Waals surface area contributed by atoms with Gasteiger partial charge in [0.2, 0.25) is 0 Å². The molecule has 166 valence electrons. The van der Waals surface area contributed by atoms with Crippen molar-refractivity contribution in [3.8, 4) is 11.1 Å². The highest BCUT2D eigenvalue weighted by atomic mass is 32.1. The Morgan fingerprint density at radius 3 is 2.22 bits per heavy atom. The third kappa shape index (κ3) is 4.20. The van der Waals surface area contributed by atoms with Crippen LogP contribution in [0.1, 0.15) is 58.9 Å². The second-order valence-corrected chi connectivity index (χ2v) is 10.3. The molecule has 1 aromatic heterocycles. The summed E-state index contributed by atoms with van der Waals surface area (Å²) in [5.74, 6) is -0.677. The van der Waals surface area contributed by atoms with Gasteiger partial charge in [-0.1, -0.05) is 42.5 Å². The highest BCUT2D eigenvalue weighted by molar-refractivity contribution is 7.17. The van der Waals surface area contributed by atoms with Crippen LogP contribution in [0.5, 0.6) is 0 Å². The Balaban J connectivity index is 1.66. The molecule has 4 rings (SSSR count). The van der Waals surface area contributed by atoms with E-state index in [1.54, 1.807) is 12.1 Å². The molecule has 2 aromatic carbocycles. The van der Waals surface area contributed by atoms with Crippen LogP contribution in [0.15, 0.2) is 54.6 Å². The lowest BCUT2D eigenvalue weighted by molar-refractivity contribution is 0.0600. The largest absolute Gasteiger partial charge is 0.465 e. The molecule has 1 amide bonds. The molecule has 1 aliphatic rings. The van der Waals surface area contributed by atoms with Gasteiger partial charge in [-0.15, -0.1) is 11.3 Å². The molecule has 2 N–H and O–H groups in total. The van der Waals surface area contributed by atoms with Crippen molar-refractivity contribution in [2.75, 3.05) is 12.4 Å². The van der Waals surface area contributed by atoms with Crippen LogP contribution >= 0.6 is 11.3 Å². The standard InChI is InChI=1S/C26H28N2O3S/c1-25(2)15-19-20(24(30)31-5)23(32-21(19)26(3,4)28-25)27-22(29)18-13-11-17(12-14-18)16-9-7-6-8-10-16/h6-14,28H,15H2,1-5H3,(H,27,29). The summed E-state index contributed by atoms with van der Waals surface area (Å²) in [4.78, 5) is 26.8. The van der Waals surface area contributed by atoms with Gasteiger partial charge in [-0.3, -0.25) is 4.79 Å². The molecule has 0 unspecified atom stereocenters. The first-order chi connectivity index (χ1) is 15.1. The van der Waals surface area contributed by atoms with Crippen molar-refractivity contribution in [2.24, 2.45) is 0 Å². The van der Waals surface area contributed by atoms with Crippen LogP contribution in [0.3, 0.4) is 0 Å². The number of hydrogen-bond donors (Lipinski definition) is 2. The van der Waals surface area contributed by atoms with Crippen molar-refractivity contribution in [1.29, 1.82) is 0 Å². The molecular formula is C26H28N2O3S. The van der Waals surface area contributed by atoms with E-state index in [4.69, 9.17) is 4.74 Å². The van der Waals surface area contributed by atoms with E-state index >= 15 is 0 Å². The fourth-order valence-corrected chi connectivity index (χ4v) is 5.81. The number of benzene rings is 2. The molecular weight excluding hydrogens is 420 g/mol. The fourth-order valence-electron chi connectivity index (χ4n) is 4.55. The molecule has 0 saturated carbocycles. The van der Waals surface area contributed by atoms with Crippen molar-refractivity contribution < 1.29 is 14.3 Å². The number of ether oxygens (including phenoxy) is 1. The number of carbonyl (C=O) groups is 2. The summed E-state index contributed by atoms with van der Waals surface area (Å²) in [6, 6.07) is 17.5. The minimum atomic E-state index is -0.425. The Labute approximate surface area is 192 Å². The van der Waals surface area contributed by atoms with Gasteiger partial charge in [0.25, 0.3) is 5.91 Å². The van der Waals surface area contributed by atoms with E-state index in [-0.39, 0.29) is 17.0 Å². The zero-order chi connectivity index (χ0) is 23.1. The summed E-state index contributed by atoms with van der Waals surface area (Å²) in [6.07, 6.45) is 0.675. The van der Waals surface area contributed by atoms with Crippen molar-refractivity contribution in [1.82, 2.24) is 5.32 Å². The molecule has 0 saturated heterocycles. The summed E-state index contributed by atoms with van der Waals surface area (Å²) >= 11 is 1.44. The van der Waals surface area contributed by atoms with Crippen molar-refractivity contribution in [3.63, 3.8) is 0 Å². The monoisotopic (exact) mass is 448 g/mol. The molecule has 1 aliphatic heterocycles. The van der Waals surface area contributed by atoms with Gasteiger partial charge in [0.1, 0.15) is 5.00 Å². The number of amides is 1. The Hall–Kier alpha value is -2.96. The van der Waals surface area contributed by atoms with E-state index in [0.717, 1.165) is 21.6 Å². The van der Waals surface area contributed by atoms with E-state index in [0.29, 0.717) is 22.5 Å². The molecule has 0 fully saturated rings. The SMILES string of the molecule is COC(=O)c1c(NC(=O)c2ccc(-c3ccccc3)cc2)sc2c1CC(C)(C)NC2(C)C. The molecule has 3 aromatic rings. The highest BCUT2D eigenvalue weighted by Crippen LogP contribution is 2.45. The average molecular weight is 449 g/mol. The summed E-state index contributed by atoms with van der Waals surface area (Å²) < 4.78 is 5.09. The Morgan fingerprint density at radius 2 is 1.59 bits per heavy atom. The van der Waals surface area contributed by atoms with Crippen LogP contribution < -0.4 is 10.6 Å². The maximum atomic E-state index is 13.1. The molecule has 2 heterocycles. The minimum Gasteiger partial charge on any atom is -0.465 e. The van der Waals surface area contributed by atoms with Crippen molar-refractivity contribution in [2.45, 2.75) is 45.2 Å². The summed E-state index contributed by atoms with van der Waals surface area (Å²) in [7, 11) is 1.37. The van der Waals surface area contributed by atoms with Gasteiger partial charge in [0, 0.05) is 21.5 Å². The zero-order valence-electron chi connectivity index (χ0n) is 19.0. The number of hydrogen-bond acceptors (Lipinski definition) is 5. The van der Waals surface area contributed by atoms with E-state index < -0.39 is 5.97 Å². The van der Waals surface area contributed by atoms with E-state index in [1.165, 1.54) is 18.4 Å². The predicted molar refractivity (Wildman–Crippen MR) is 129 cm³/mol. The number of thiophene rings is 1. The third-order valence-corrected chi connectivity index (χ3v) is 7.19. The predicted octanol–water partition coefficient (Wildman–Crippen LogP) is 5.61. The number of anilines is 1. The number of methoxy groups -OCH3 is 1. The van der Waals surface area contributed by atoms with Crippen LogP contribution in [0.4, 0.5) is 5.00 Å². The Bertz CT molecular complexity index is 1160. The molecule has 5 nitrogen and oxygen atoms in total. The number of esters is 1. The normalized spacial score (nSPS) is 16.2. The first-order valence-electron chi connectivity index (χ1n) is 10.6. The van der Waals surface area contributed by atoms with Crippen molar-refractivity contribution in [3.05, 3.63) is 76.2 Å². The van der Waals surface area contributed by atoms with Crippen LogP contribution in [0, 0.1) is 0 Å². The van der Waals surface area contributed by atoms with Gasteiger partial charge >= 0.3 is 5.97 Å². The van der Waals surface area contributed by atoms with E-state index in [9.17, 15) is 9.59 Å². The maximum Gasteiger partial charge on any atom is 0.341 e. The fraction of sp³-hybridized carbons (Fsp3) is 0.308. The van der Waals surface area contributed by atoms with Crippen LogP contribution in [0.2, 0.25) is 0 Å². The summed E-state index contributed by atoms with van der Waals surface area (Å²) in [5.41, 5.74) is 3.56. The number of rotatable bonds is 4. The van der Waals surface area contributed by atoms with Crippen molar-refractivity contribution >= 4 is 28.2 Å². The smallest absolute Gasteiger partial charge is 0.341 e. The third-order valence-electron chi connectivity index (χ3n) is 5.72. The molecule has 0 aliphatic carbocycles. The van der Waals surface area contributed by atoms with Crippen LogP contribution in [-0.2, 0) is 16.7 Å². The lowest BCUT2D eigenvalue weighted by Crippen LogP contribution is -2.55. The van der Waals surface area contributed by atoms with Gasteiger partial charge in [-0.2, -0.15) is 0 Å². The quantitative estimate of drug-likeness (QED) is 0.509. The highest BCUT2D eigenvalue weighted by Gasteiger charge is 2.42. The molecule has 0 atom stereocenters. The van der Waals surface area contributed by atoms with Gasteiger partial charge in [0.05, 0.1) is 12.7 Å². The average Bonchev–Trinajstić information content (AvgIpc) is 3.11. The Kier molecular flexibility index (Phi) is 5.69. The first-order valence-corrected chi connectivity index (χ1v) is 11.4. The van der Waals surface area contributed by atoms with Gasteiger partial charge in [-0.05, 0) is 62.9 Å². The number of fused-ring (bicyclic) bond motifs is 1. The van der Waals surface area contributed by atoms with Gasteiger partial charge in [0.15, 0.2) is 0 Å². The van der Waals surface area contributed by atoms with Gasteiger partial charge in [-0.25, -0.2) is 4.79 Å². The zero-order valence-corrected chi connectivity index (χ0v) is 19.9. The summed E-state index contributed by atoms with van der Waals surface area (Å²) in [5, 5.41) is 7.15. The van der Waals surface area contributed by atoms with E-state index in [1.807, 2.05) is 42.5 Å². The molecule has 6 heteroatoms. The molecule has 0 radical (unpaired) electrons. The topological polar surface area (TPSA) is 67.4 Å². The first kappa shape index (κ1) is 22.2.